The summed E-state index contributed by atoms with van der Waals surface area (Å²) in [6.45, 7) is 3.12. The normalized spacial score (nSPS) is 15.0. The Bertz CT molecular complexity index is 667. The Morgan fingerprint density at radius 2 is 1.59 bits per heavy atom. The second-order valence-corrected chi connectivity index (χ2v) is 6.53. The molecule has 0 bridgehead atoms. The Morgan fingerprint density at radius 3 is 2.23 bits per heavy atom. The maximum Gasteiger partial charge on any atom is 0.253 e. The summed E-state index contributed by atoms with van der Waals surface area (Å²) in [6, 6.07) is 15.3. The van der Waals surface area contributed by atoms with Gasteiger partial charge in [0, 0.05) is 41.2 Å². The quantitative estimate of drug-likeness (QED) is 0.785. The number of hydrogen-bond donors (Lipinski definition) is 0. The van der Waals surface area contributed by atoms with Crippen molar-refractivity contribution in [1.29, 1.82) is 0 Å². The summed E-state index contributed by atoms with van der Waals surface area (Å²) in [5, 5.41) is 0.648. The third kappa shape index (κ3) is 3.28. The van der Waals surface area contributed by atoms with Crippen LogP contribution in [0.1, 0.15) is 10.4 Å². The van der Waals surface area contributed by atoms with Crippen LogP contribution in [0, 0.1) is 0 Å². The molecule has 0 aliphatic carbocycles. The van der Waals surface area contributed by atoms with E-state index >= 15 is 0 Å². The van der Waals surface area contributed by atoms with Gasteiger partial charge in [-0.25, -0.2) is 0 Å². The van der Waals surface area contributed by atoms with Crippen molar-refractivity contribution in [3.8, 4) is 0 Å². The van der Waals surface area contributed by atoms with E-state index < -0.39 is 0 Å². The summed E-state index contributed by atoms with van der Waals surface area (Å²) < 4.78 is 1.09. The van der Waals surface area contributed by atoms with Crippen molar-refractivity contribution in [3.05, 3.63) is 63.6 Å². The van der Waals surface area contributed by atoms with Gasteiger partial charge in [0.25, 0.3) is 5.91 Å². The largest absolute Gasteiger partial charge is 0.367 e. The van der Waals surface area contributed by atoms with Crippen LogP contribution in [0.2, 0.25) is 5.02 Å². The molecule has 5 heteroatoms. The number of nitrogens with zero attached hydrogens (tertiary/aromatic N) is 2. The van der Waals surface area contributed by atoms with Crippen LogP contribution < -0.4 is 4.90 Å². The van der Waals surface area contributed by atoms with Gasteiger partial charge in [0.05, 0.1) is 5.69 Å². The van der Waals surface area contributed by atoms with Gasteiger partial charge in [-0.3, -0.25) is 4.79 Å². The highest BCUT2D eigenvalue weighted by Gasteiger charge is 2.22. The number of halogens is 2. The van der Waals surface area contributed by atoms with Crippen LogP contribution in [-0.4, -0.2) is 37.0 Å². The van der Waals surface area contributed by atoms with E-state index in [2.05, 4.69) is 26.9 Å². The standard InChI is InChI=1S/C17H16BrClN2O/c18-15-3-1-2-4-16(15)20-9-11-21(12-10-20)17(22)13-5-7-14(19)8-6-13/h1-8H,9-12H2. The van der Waals surface area contributed by atoms with E-state index in [1.165, 1.54) is 5.69 Å². The molecule has 1 fully saturated rings. The summed E-state index contributed by atoms with van der Waals surface area (Å²) in [4.78, 5) is 16.7. The Labute approximate surface area is 143 Å². The number of hydrogen-bond acceptors (Lipinski definition) is 2. The summed E-state index contributed by atoms with van der Waals surface area (Å²) in [5.74, 6) is 0.0726. The van der Waals surface area contributed by atoms with Crippen LogP contribution in [-0.2, 0) is 0 Å². The smallest absolute Gasteiger partial charge is 0.253 e. The second kappa shape index (κ2) is 6.71. The van der Waals surface area contributed by atoms with Crippen LogP contribution in [0.4, 0.5) is 5.69 Å². The number of piperazine rings is 1. The predicted molar refractivity (Wildman–Crippen MR) is 93.7 cm³/mol. The van der Waals surface area contributed by atoms with E-state index in [4.69, 9.17) is 11.6 Å². The van der Waals surface area contributed by atoms with Crippen molar-refractivity contribution >= 4 is 39.1 Å². The molecule has 114 valence electrons. The van der Waals surface area contributed by atoms with Crippen LogP contribution in [0.3, 0.4) is 0 Å². The lowest BCUT2D eigenvalue weighted by Crippen LogP contribution is -2.48. The number of amides is 1. The molecule has 0 saturated carbocycles. The Balaban J connectivity index is 1.65. The van der Waals surface area contributed by atoms with Gasteiger partial charge >= 0.3 is 0 Å². The van der Waals surface area contributed by atoms with Crippen molar-refractivity contribution in [3.63, 3.8) is 0 Å². The lowest BCUT2D eigenvalue weighted by Gasteiger charge is -2.36. The summed E-state index contributed by atoms with van der Waals surface area (Å²) in [7, 11) is 0. The Hall–Kier alpha value is -1.52. The number of para-hydroxylation sites is 1. The summed E-state index contributed by atoms with van der Waals surface area (Å²) in [6.07, 6.45) is 0. The molecule has 1 aliphatic heterocycles. The highest BCUT2D eigenvalue weighted by molar-refractivity contribution is 9.10. The average Bonchev–Trinajstić information content (AvgIpc) is 2.56. The van der Waals surface area contributed by atoms with Crippen molar-refractivity contribution in [2.45, 2.75) is 0 Å². The van der Waals surface area contributed by atoms with E-state index in [0.29, 0.717) is 10.6 Å². The first-order valence-electron chi connectivity index (χ1n) is 7.19. The number of benzene rings is 2. The van der Waals surface area contributed by atoms with Crippen LogP contribution in [0.15, 0.2) is 53.0 Å². The molecule has 0 aromatic heterocycles. The molecule has 0 spiro atoms. The van der Waals surface area contributed by atoms with Gasteiger partial charge in [-0.05, 0) is 52.3 Å². The third-order valence-electron chi connectivity index (χ3n) is 3.85. The molecule has 0 atom stereocenters. The molecule has 1 aliphatic rings. The molecule has 0 unspecified atom stereocenters. The predicted octanol–water partition coefficient (Wildman–Crippen LogP) is 4.06. The highest BCUT2D eigenvalue weighted by Crippen LogP contribution is 2.26. The van der Waals surface area contributed by atoms with Crippen molar-refractivity contribution in [2.24, 2.45) is 0 Å². The van der Waals surface area contributed by atoms with Crippen LogP contribution >= 0.6 is 27.5 Å². The zero-order chi connectivity index (χ0) is 15.5. The molecular formula is C17H16BrClN2O. The zero-order valence-electron chi connectivity index (χ0n) is 12.0. The number of carbonyl (C=O) groups is 1. The minimum Gasteiger partial charge on any atom is -0.367 e. The van der Waals surface area contributed by atoms with Crippen LogP contribution in [0.25, 0.3) is 0 Å². The third-order valence-corrected chi connectivity index (χ3v) is 4.77. The molecular weight excluding hydrogens is 364 g/mol. The molecule has 0 N–H and O–H groups in total. The van der Waals surface area contributed by atoms with Crippen molar-refractivity contribution < 1.29 is 4.79 Å². The number of anilines is 1. The fourth-order valence-corrected chi connectivity index (χ4v) is 3.30. The van der Waals surface area contributed by atoms with E-state index in [1.54, 1.807) is 24.3 Å². The van der Waals surface area contributed by atoms with Gasteiger partial charge in [-0.15, -0.1) is 0 Å². The van der Waals surface area contributed by atoms with Gasteiger partial charge < -0.3 is 9.80 Å². The SMILES string of the molecule is O=C(c1ccc(Cl)cc1)N1CCN(c2ccccc2Br)CC1. The summed E-state index contributed by atoms with van der Waals surface area (Å²) >= 11 is 9.45. The monoisotopic (exact) mass is 378 g/mol. The molecule has 22 heavy (non-hydrogen) atoms. The molecule has 2 aromatic rings. The molecule has 1 saturated heterocycles. The topological polar surface area (TPSA) is 23.6 Å². The van der Waals surface area contributed by atoms with Gasteiger partial charge in [-0.1, -0.05) is 23.7 Å². The molecule has 1 amide bonds. The summed E-state index contributed by atoms with van der Waals surface area (Å²) in [5.41, 5.74) is 1.87. The fourth-order valence-electron chi connectivity index (χ4n) is 2.63. The molecule has 2 aromatic carbocycles. The van der Waals surface area contributed by atoms with Crippen molar-refractivity contribution in [2.75, 3.05) is 31.1 Å². The van der Waals surface area contributed by atoms with E-state index in [0.717, 1.165) is 30.7 Å². The maximum atomic E-state index is 12.5. The Morgan fingerprint density at radius 1 is 0.955 bits per heavy atom. The number of rotatable bonds is 2. The minimum absolute atomic E-state index is 0.0726. The van der Waals surface area contributed by atoms with Crippen LogP contribution in [0.5, 0.6) is 0 Å². The second-order valence-electron chi connectivity index (χ2n) is 5.24. The first-order chi connectivity index (χ1) is 10.6. The van der Waals surface area contributed by atoms with Gasteiger partial charge in [-0.2, -0.15) is 0 Å². The lowest BCUT2D eigenvalue weighted by atomic mass is 10.1. The minimum atomic E-state index is 0.0726. The van der Waals surface area contributed by atoms with Gasteiger partial charge in [0.1, 0.15) is 0 Å². The van der Waals surface area contributed by atoms with E-state index in [1.807, 2.05) is 23.1 Å². The van der Waals surface area contributed by atoms with E-state index in [-0.39, 0.29) is 5.91 Å². The molecule has 3 nitrogen and oxygen atoms in total. The van der Waals surface area contributed by atoms with E-state index in [9.17, 15) is 4.79 Å². The first kappa shape index (κ1) is 15.4. The maximum absolute atomic E-state index is 12.5. The fraction of sp³-hybridized carbons (Fsp3) is 0.235. The number of carbonyl (C=O) groups excluding carboxylic acids is 1. The molecule has 3 rings (SSSR count). The Kier molecular flexibility index (Phi) is 4.69. The highest BCUT2D eigenvalue weighted by atomic mass is 79.9. The molecule has 1 heterocycles. The molecule has 0 radical (unpaired) electrons. The zero-order valence-corrected chi connectivity index (χ0v) is 14.3. The average molecular weight is 380 g/mol. The lowest BCUT2D eigenvalue weighted by molar-refractivity contribution is 0.0747. The van der Waals surface area contributed by atoms with Gasteiger partial charge in [0.2, 0.25) is 0 Å². The first-order valence-corrected chi connectivity index (χ1v) is 8.36. The van der Waals surface area contributed by atoms with Gasteiger partial charge in [0.15, 0.2) is 0 Å². The van der Waals surface area contributed by atoms with Crippen molar-refractivity contribution in [1.82, 2.24) is 4.90 Å².